The number of pyridine rings is 1. The molecule has 0 fully saturated rings. The number of nitrogens with one attached hydrogen (secondary N) is 1. The molecule has 5 heteroatoms. The van der Waals surface area contributed by atoms with Crippen LogP contribution in [0.3, 0.4) is 0 Å². The Bertz CT molecular complexity index is 567. The van der Waals surface area contributed by atoms with Crippen molar-refractivity contribution in [3.8, 4) is 0 Å². The fourth-order valence-corrected chi connectivity index (χ4v) is 2.00. The number of hydrogen-bond acceptors (Lipinski definition) is 4. The number of rotatable bonds is 7. The molecule has 0 bridgehead atoms. The van der Waals surface area contributed by atoms with Crippen molar-refractivity contribution in [2.75, 3.05) is 26.3 Å². The van der Waals surface area contributed by atoms with E-state index in [0.29, 0.717) is 19.7 Å². The van der Waals surface area contributed by atoms with Crippen molar-refractivity contribution < 1.29 is 9.53 Å². The maximum Gasteiger partial charge on any atom is 0.246 e. The Hall–Kier alpha value is -1.98. The smallest absolute Gasteiger partial charge is 0.246 e. The normalized spacial score (nSPS) is 10.7. The molecule has 20 heavy (non-hydrogen) atoms. The Labute approximate surface area is 118 Å². The van der Waals surface area contributed by atoms with Gasteiger partial charge in [0.05, 0.1) is 12.1 Å². The van der Waals surface area contributed by atoms with Crippen LogP contribution < -0.4 is 11.1 Å². The first kappa shape index (κ1) is 14.4. The van der Waals surface area contributed by atoms with Gasteiger partial charge in [-0.15, -0.1) is 0 Å². The highest BCUT2D eigenvalue weighted by atomic mass is 16.5. The number of fused-ring (bicyclic) bond motifs is 1. The molecule has 0 aliphatic heterocycles. The van der Waals surface area contributed by atoms with Gasteiger partial charge >= 0.3 is 0 Å². The van der Waals surface area contributed by atoms with Crippen molar-refractivity contribution in [1.29, 1.82) is 0 Å². The predicted octanol–water partition coefficient (Wildman–Crippen LogP) is 0.869. The minimum absolute atomic E-state index is 0.0605. The average Bonchev–Trinajstić information content (AvgIpc) is 2.48. The lowest BCUT2D eigenvalue weighted by Crippen LogP contribution is -2.30. The van der Waals surface area contributed by atoms with Gasteiger partial charge in [0.2, 0.25) is 5.91 Å². The Morgan fingerprint density at radius 2 is 2.15 bits per heavy atom. The SMILES string of the molecule is NCCOCC(=O)NCCc1cccc2cccnc12. The van der Waals surface area contributed by atoms with E-state index >= 15 is 0 Å². The lowest BCUT2D eigenvalue weighted by molar-refractivity contribution is -0.125. The van der Waals surface area contributed by atoms with Crippen LogP contribution in [0, 0.1) is 0 Å². The third-order valence-corrected chi connectivity index (χ3v) is 2.93. The van der Waals surface area contributed by atoms with E-state index in [-0.39, 0.29) is 12.5 Å². The highest BCUT2D eigenvalue weighted by Gasteiger charge is 2.03. The molecule has 2 rings (SSSR count). The number of carbonyl (C=O) groups is 1. The van der Waals surface area contributed by atoms with Crippen molar-refractivity contribution in [3.05, 3.63) is 42.1 Å². The van der Waals surface area contributed by atoms with Crippen LogP contribution in [0.25, 0.3) is 10.9 Å². The first-order valence-electron chi connectivity index (χ1n) is 6.68. The molecule has 0 spiro atoms. The predicted molar refractivity (Wildman–Crippen MR) is 78.3 cm³/mol. The van der Waals surface area contributed by atoms with E-state index in [1.54, 1.807) is 6.20 Å². The van der Waals surface area contributed by atoms with Gasteiger partial charge in [-0.2, -0.15) is 0 Å². The molecule has 3 N–H and O–H groups in total. The number of ether oxygens (including phenoxy) is 1. The van der Waals surface area contributed by atoms with Crippen LogP contribution in [0.2, 0.25) is 0 Å². The maximum atomic E-state index is 11.5. The molecule has 0 aliphatic rings. The van der Waals surface area contributed by atoms with E-state index < -0.39 is 0 Å². The second-order valence-corrected chi connectivity index (χ2v) is 4.43. The minimum atomic E-state index is -0.119. The van der Waals surface area contributed by atoms with Crippen LogP contribution in [0.15, 0.2) is 36.5 Å². The van der Waals surface area contributed by atoms with Crippen LogP contribution >= 0.6 is 0 Å². The Morgan fingerprint density at radius 1 is 1.30 bits per heavy atom. The molecular weight excluding hydrogens is 254 g/mol. The highest BCUT2D eigenvalue weighted by molar-refractivity contribution is 5.81. The molecule has 0 saturated heterocycles. The molecular formula is C15H19N3O2. The number of carbonyl (C=O) groups excluding carboxylic acids is 1. The lowest BCUT2D eigenvalue weighted by atomic mass is 10.1. The van der Waals surface area contributed by atoms with Gasteiger partial charge in [-0.25, -0.2) is 0 Å². The molecule has 0 aliphatic carbocycles. The average molecular weight is 273 g/mol. The first-order chi connectivity index (χ1) is 9.81. The number of para-hydroxylation sites is 1. The van der Waals surface area contributed by atoms with Crippen molar-refractivity contribution in [1.82, 2.24) is 10.3 Å². The fraction of sp³-hybridized carbons (Fsp3) is 0.333. The molecule has 1 aromatic heterocycles. The van der Waals surface area contributed by atoms with E-state index in [9.17, 15) is 4.79 Å². The van der Waals surface area contributed by atoms with Crippen LogP contribution in [0.5, 0.6) is 0 Å². The van der Waals surface area contributed by atoms with Crippen LogP contribution in [-0.4, -0.2) is 37.2 Å². The van der Waals surface area contributed by atoms with Crippen molar-refractivity contribution in [2.45, 2.75) is 6.42 Å². The van der Waals surface area contributed by atoms with Gasteiger partial charge in [-0.3, -0.25) is 9.78 Å². The van der Waals surface area contributed by atoms with Crippen molar-refractivity contribution >= 4 is 16.8 Å². The zero-order chi connectivity index (χ0) is 14.2. The summed E-state index contributed by atoms with van der Waals surface area (Å²) >= 11 is 0. The van der Waals surface area contributed by atoms with Crippen LogP contribution in [0.1, 0.15) is 5.56 Å². The largest absolute Gasteiger partial charge is 0.370 e. The summed E-state index contributed by atoms with van der Waals surface area (Å²) in [6.07, 6.45) is 2.53. The Kier molecular flexibility index (Phi) is 5.46. The summed E-state index contributed by atoms with van der Waals surface area (Å²) in [5.74, 6) is -0.119. The third kappa shape index (κ3) is 4.01. The van der Waals surface area contributed by atoms with Gasteiger partial charge in [0.15, 0.2) is 0 Å². The van der Waals surface area contributed by atoms with E-state index in [0.717, 1.165) is 22.9 Å². The summed E-state index contributed by atoms with van der Waals surface area (Å²) in [6, 6.07) is 10.0. The highest BCUT2D eigenvalue weighted by Crippen LogP contribution is 2.15. The number of nitrogens with zero attached hydrogens (tertiary/aromatic N) is 1. The van der Waals surface area contributed by atoms with Gasteiger partial charge < -0.3 is 15.8 Å². The topological polar surface area (TPSA) is 77.2 Å². The molecule has 0 atom stereocenters. The minimum Gasteiger partial charge on any atom is -0.370 e. The summed E-state index contributed by atoms with van der Waals surface area (Å²) in [4.78, 5) is 15.9. The van der Waals surface area contributed by atoms with Gasteiger partial charge in [-0.05, 0) is 18.1 Å². The lowest BCUT2D eigenvalue weighted by Gasteiger charge is -2.07. The second kappa shape index (κ2) is 7.57. The standard InChI is InChI=1S/C15H19N3O2/c16-7-10-20-11-14(19)17-9-6-13-4-1-3-12-5-2-8-18-15(12)13/h1-5,8H,6-7,9-11,16H2,(H,17,19). The van der Waals surface area contributed by atoms with Gasteiger partial charge in [0.25, 0.3) is 0 Å². The fourth-order valence-electron chi connectivity index (χ4n) is 2.00. The summed E-state index contributed by atoms with van der Waals surface area (Å²) in [5, 5.41) is 3.94. The maximum absolute atomic E-state index is 11.5. The number of hydrogen-bond donors (Lipinski definition) is 2. The van der Waals surface area contributed by atoms with E-state index in [4.69, 9.17) is 10.5 Å². The Balaban J connectivity index is 1.85. The molecule has 106 valence electrons. The summed E-state index contributed by atoms with van der Waals surface area (Å²) in [6.45, 7) is 1.46. The molecule has 0 saturated carbocycles. The summed E-state index contributed by atoms with van der Waals surface area (Å²) < 4.78 is 5.07. The van der Waals surface area contributed by atoms with E-state index in [2.05, 4.69) is 10.3 Å². The van der Waals surface area contributed by atoms with Crippen molar-refractivity contribution in [3.63, 3.8) is 0 Å². The quantitative estimate of drug-likeness (QED) is 0.734. The Morgan fingerprint density at radius 3 is 3.00 bits per heavy atom. The van der Waals surface area contributed by atoms with Crippen molar-refractivity contribution in [2.24, 2.45) is 5.73 Å². The van der Waals surface area contributed by atoms with E-state index in [1.807, 2.05) is 30.3 Å². The van der Waals surface area contributed by atoms with Gasteiger partial charge in [0.1, 0.15) is 6.61 Å². The number of amides is 1. The zero-order valence-electron chi connectivity index (χ0n) is 11.3. The van der Waals surface area contributed by atoms with Crippen LogP contribution in [-0.2, 0) is 16.0 Å². The summed E-state index contributed by atoms with van der Waals surface area (Å²) in [7, 11) is 0. The second-order valence-electron chi connectivity index (χ2n) is 4.43. The molecule has 0 unspecified atom stereocenters. The molecule has 1 aromatic carbocycles. The molecule has 5 nitrogen and oxygen atoms in total. The van der Waals surface area contributed by atoms with E-state index in [1.165, 1.54) is 0 Å². The third-order valence-electron chi connectivity index (χ3n) is 2.93. The monoisotopic (exact) mass is 273 g/mol. The number of nitrogens with two attached hydrogens (primary N) is 1. The molecule has 1 amide bonds. The zero-order valence-corrected chi connectivity index (χ0v) is 11.3. The molecule has 0 radical (unpaired) electrons. The molecule has 1 heterocycles. The van der Waals surface area contributed by atoms with Gasteiger partial charge in [-0.1, -0.05) is 24.3 Å². The number of benzene rings is 1. The first-order valence-corrected chi connectivity index (χ1v) is 6.68. The summed E-state index contributed by atoms with van der Waals surface area (Å²) in [5.41, 5.74) is 7.40. The number of aromatic nitrogens is 1. The van der Waals surface area contributed by atoms with Gasteiger partial charge in [0, 0.05) is 24.7 Å². The van der Waals surface area contributed by atoms with Crippen LogP contribution in [0.4, 0.5) is 0 Å². The molecule has 2 aromatic rings.